The van der Waals surface area contributed by atoms with Gasteiger partial charge in [-0.2, -0.15) is 0 Å². The highest BCUT2D eigenvalue weighted by molar-refractivity contribution is 5.93. The van der Waals surface area contributed by atoms with Gasteiger partial charge in [0.05, 0.1) is 6.54 Å². The first-order valence-corrected chi connectivity index (χ1v) is 9.84. The number of nitrogens with zero attached hydrogens (tertiary/aromatic N) is 3. The van der Waals surface area contributed by atoms with Gasteiger partial charge in [0, 0.05) is 32.6 Å². The minimum Gasteiger partial charge on any atom is -0.485 e. The lowest BCUT2D eigenvalue weighted by molar-refractivity contribution is 0.0766. The van der Waals surface area contributed by atoms with E-state index >= 15 is 0 Å². The molecule has 3 heterocycles. The molecule has 148 valence electrons. The zero-order valence-electron chi connectivity index (χ0n) is 15.8. The molecule has 2 aliphatic rings. The summed E-state index contributed by atoms with van der Waals surface area (Å²) in [6, 6.07) is 12.0. The van der Waals surface area contributed by atoms with E-state index in [1.807, 2.05) is 12.1 Å². The molecule has 1 amide bonds. The Morgan fingerprint density at radius 2 is 2.00 bits per heavy atom. The Balaban J connectivity index is 1.41. The largest absolute Gasteiger partial charge is 0.485 e. The van der Waals surface area contributed by atoms with Crippen LogP contribution in [0, 0.1) is 5.82 Å². The van der Waals surface area contributed by atoms with Gasteiger partial charge in [-0.1, -0.05) is 18.2 Å². The van der Waals surface area contributed by atoms with Gasteiger partial charge < -0.3 is 19.9 Å². The fraction of sp³-hybridized carbons (Fsp3) is 0.429. The van der Waals surface area contributed by atoms with Crippen molar-refractivity contribution >= 4 is 11.7 Å². The number of ether oxygens (including phenoxy) is 1. The van der Waals surface area contributed by atoms with E-state index in [9.17, 15) is 9.18 Å². The maximum atomic E-state index is 13.8. The Bertz CT molecular complexity index is 824. The normalized spacial score (nSPS) is 20.1. The molecular formula is C21H25FN4O2. The summed E-state index contributed by atoms with van der Waals surface area (Å²) in [7, 11) is 0. The number of hydrogen-bond donors (Lipinski definition) is 1. The standard InChI is InChI=1S/C21H25FN4O2/c22-17-5-1-2-7-19(17)28-16-9-13-26(15-16)21(27)18-6-3-8-20(24-18)25-12-4-10-23-11-14-25/h1-3,5-8,16,23H,4,9-15H2/t16-/m1/s1. The number of anilines is 1. The van der Waals surface area contributed by atoms with Crippen LogP contribution >= 0.6 is 0 Å². The number of likely N-dealkylation sites (tertiary alicyclic amines) is 1. The van der Waals surface area contributed by atoms with Crippen LogP contribution < -0.4 is 15.0 Å². The van der Waals surface area contributed by atoms with Gasteiger partial charge in [-0.3, -0.25) is 4.79 Å². The molecule has 6 nitrogen and oxygen atoms in total. The molecule has 1 aromatic carbocycles. The summed E-state index contributed by atoms with van der Waals surface area (Å²) in [6.07, 6.45) is 1.53. The van der Waals surface area contributed by atoms with E-state index in [4.69, 9.17) is 4.74 Å². The Kier molecular flexibility index (Phi) is 5.71. The van der Waals surface area contributed by atoms with Crippen molar-refractivity contribution in [2.45, 2.75) is 18.9 Å². The fourth-order valence-electron chi connectivity index (χ4n) is 3.68. The third-order valence-electron chi connectivity index (χ3n) is 5.18. The molecule has 1 aromatic heterocycles. The number of nitrogens with one attached hydrogen (secondary N) is 1. The van der Waals surface area contributed by atoms with Crippen LogP contribution in [0.25, 0.3) is 0 Å². The van der Waals surface area contributed by atoms with Crippen molar-refractivity contribution in [2.24, 2.45) is 0 Å². The van der Waals surface area contributed by atoms with Gasteiger partial charge in [-0.15, -0.1) is 0 Å². The molecule has 0 unspecified atom stereocenters. The Labute approximate surface area is 164 Å². The van der Waals surface area contributed by atoms with Crippen molar-refractivity contribution in [3.8, 4) is 5.75 Å². The van der Waals surface area contributed by atoms with Gasteiger partial charge in [-0.05, 0) is 37.2 Å². The SMILES string of the molecule is O=C(c1cccc(N2CCCNCC2)n1)N1CC[C@@H](Oc2ccccc2F)C1. The quantitative estimate of drug-likeness (QED) is 0.877. The first-order chi connectivity index (χ1) is 13.7. The van der Waals surface area contributed by atoms with E-state index in [-0.39, 0.29) is 23.6 Å². The topological polar surface area (TPSA) is 57.7 Å². The molecule has 2 aromatic rings. The van der Waals surface area contributed by atoms with Crippen LogP contribution in [0.2, 0.25) is 0 Å². The second-order valence-corrected chi connectivity index (χ2v) is 7.18. The van der Waals surface area contributed by atoms with Crippen LogP contribution in [0.15, 0.2) is 42.5 Å². The van der Waals surface area contributed by atoms with Crippen molar-refractivity contribution < 1.29 is 13.9 Å². The number of hydrogen-bond acceptors (Lipinski definition) is 5. The second kappa shape index (κ2) is 8.56. The van der Waals surface area contributed by atoms with Gasteiger partial charge in [0.25, 0.3) is 5.91 Å². The predicted octanol–water partition coefficient (Wildman–Crippen LogP) is 2.31. The first-order valence-electron chi connectivity index (χ1n) is 9.84. The zero-order chi connectivity index (χ0) is 19.3. The summed E-state index contributed by atoms with van der Waals surface area (Å²) >= 11 is 0. The minimum atomic E-state index is -0.381. The van der Waals surface area contributed by atoms with Crippen LogP contribution in [-0.2, 0) is 0 Å². The second-order valence-electron chi connectivity index (χ2n) is 7.18. The molecule has 4 rings (SSSR count). The van der Waals surface area contributed by atoms with Gasteiger partial charge >= 0.3 is 0 Å². The number of rotatable bonds is 4. The molecule has 1 N–H and O–H groups in total. The van der Waals surface area contributed by atoms with Crippen LogP contribution in [0.4, 0.5) is 10.2 Å². The molecule has 7 heteroatoms. The Morgan fingerprint density at radius 3 is 2.89 bits per heavy atom. The van der Waals surface area contributed by atoms with E-state index in [1.54, 1.807) is 29.2 Å². The molecule has 0 saturated carbocycles. The van der Waals surface area contributed by atoms with Gasteiger partial charge in [0.1, 0.15) is 17.6 Å². The van der Waals surface area contributed by atoms with Gasteiger partial charge in [0.2, 0.25) is 0 Å². The minimum absolute atomic E-state index is 0.102. The molecule has 0 spiro atoms. The molecular weight excluding hydrogens is 359 g/mol. The summed E-state index contributed by atoms with van der Waals surface area (Å²) in [5.74, 6) is 0.590. The van der Waals surface area contributed by atoms with Crippen molar-refractivity contribution in [1.29, 1.82) is 0 Å². The highest BCUT2D eigenvalue weighted by Gasteiger charge is 2.29. The number of benzene rings is 1. The van der Waals surface area contributed by atoms with Crippen LogP contribution in [0.1, 0.15) is 23.3 Å². The summed E-state index contributed by atoms with van der Waals surface area (Å²) in [4.78, 5) is 21.5. The zero-order valence-corrected chi connectivity index (χ0v) is 15.8. The van der Waals surface area contributed by atoms with Gasteiger partial charge in [0.15, 0.2) is 11.6 Å². The van der Waals surface area contributed by atoms with E-state index in [0.717, 1.165) is 38.4 Å². The lowest BCUT2D eigenvalue weighted by Crippen LogP contribution is -2.33. The van der Waals surface area contributed by atoms with E-state index in [0.29, 0.717) is 25.2 Å². The average molecular weight is 384 g/mol. The maximum absolute atomic E-state index is 13.8. The third-order valence-corrected chi connectivity index (χ3v) is 5.18. The number of carbonyl (C=O) groups excluding carboxylic acids is 1. The molecule has 2 aliphatic heterocycles. The third kappa shape index (κ3) is 4.25. The summed E-state index contributed by atoms with van der Waals surface area (Å²) < 4.78 is 19.5. The molecule has 0 aliphatic carbocycles. The highest BCUT2D eigenvalue weighted by Crippen LogP contribution is 2.22. The molecule has 0 bridgehead atoms. The lowest BCUT2D eigenvalue weighted by atomic mass is 10.3. The molecule has 0 radical (unpaired) electrons. The van der Waals surface area contributed by atoms with Crippen LogP contribution in [0.5, 0.6) is 5.75 Å². The predicted molar refractivity (Wildman–Crippen MR) is 105 cm³/mol. The highest BCUT2D eigenvalue weighted by atomic mass is 19.1. The van der Waals surface area contributed by atoms with Gasteiger partial charge in [-0.25, -0.2) is 9.37 Å². The molecule has 28 heavy (non-hydrogen) atoms. The average Bonchev–Trinajstić information content (AvgIpc) is 3.01. The molecule has 1 atom stereocenters. The van der Waals surface area contributed by atoms with Crippen molar-refractivity contribution in [3.05, 3.63) is 54.0 Å². The van der Waals surface area contributed by atoms with E-state index in [2.05, 4.69) is 15.2 Å². The molecule has 2 fully saturated rings. The number of halogens is 1. The molecule has 2 saturated heterocycles. The maximum Gasteiger partial charge on any atom is 0.272 e. The number of para-hydroxylation sites is 1. The lowest BCUT2D eigenvalue weighted by Gasteiger charge is -2.22. The number of amides is 1. The monoisotopic (exact) mass is 384 g/mol. The fourth-order valence-corrected chi connectivity index (χ4v) is 3.68. The van der Waals surface area contributed by atoms with Crippen LogP contribution in [-0.4, -0.2) is 61.2 Å². The Hall–Kier alpha value is -2.67. The summed E-state index contributed by atoms with van der Waals surface area (Å²) in [6.45, 7) is 4.75. The Morgan fingerprint density at radius 1 is 1.11 bits per heavy atom. The summed E-state index contributed by atoms with van der Waals surface area (Å²) in [5, 5.41) is 3.37. The number of pyridine rings is 1. The van der Waals surface area contributed by atoms with Crippen LogP contribution in [0.3, 0.4) is 0 Å². The van der Waals surface area contributed by atoms with Crippen molar-refractivity contribution in [1.82, 2.24) is 15.2 Å². The van der Waals surface area contributed by atoms with E-state index < -0.39 is 0 Å². The van der Waals surface area contributed by atoms with E-state index in [1.165, 1.54) is 6.07 Å². The van der Waals surface area contributed by atoms with Crippen molar-refractivity contribution in [2.75, 3.05) is 44.2 Å². The number of carbonyl (C=O) groups is 1. The number of aromatic nitrogens is 1. The smallest absolute Gasteiger partial charge is 0.272 e. The van der Waals surface area contributed by atoms with Crippen molar-refractivity contribution in [3.63, 3.8) is 0 Å². The summed E-state index contributed by atoms with van der Waals surface area (Å²) in [5.41, 5.74) is 0.446. The first kappa shape index (κ1) is 18.7.